The van der Waals surface area contributed by atoms with Gasteiger partial charge in [0.05, 0.1) is 0 Å². The van der Waals surface area contributed by atoms with Crippen LogP contribution in [0.15, 0.2) is 0 Å². The fraction of sp³-hybridized carbons (Fsp3) is 0.923. The van der Waals surface area contributed by atoms with Gasteiger partial charge in [0.15, 0.2) is 0 Å². The predicted molar refractivity (Wildman–Crippen MR) is 63.4 cm³/mol. The van der Waals surface area contributed by atoms with Crippen molar-refractivity contribution in [1.82, 2.24) is 5.32 Å². The Morgan fingerprint density at radius 3 is 2.75 bits per heavy atom. The minimum absolute atomic E-state index is 0.289. The molecule has 0 radical (unpaired) electrons. The second kappa shape index (κ2) is 6.36. The van der Waals surface area contributed by atoms with Crippen molar-refractivity contribution in [3.63, 3.8) is 0 Å². The minimum Gasteiger partial charge on any atom is -0.381 e. The van der Waals surface area contributed by atoms with Crippen molar-refractivity contribution in [1.29, 1.82) is 0 Å². The maximum atomic E-state index is 12.1. The first-order valence-corrected chi connectivity index (χ1v) is 6.67. The molecule has 2 aliphatic rings. The lowest BCUT2D eigenvalue weighted by Crippen LogP contribution is -2.30. The molecule has 3 heteroatoms. The van der Waals surface area contributed by atoms with Crippen molar-refractivity contribution in [2.75, 3.05) is 26.3 Å². The fourth-order valence-electron chi connectivity index (χ4n) is 2.76. The first-order valence-electron chi connectivity index (χ1n) is 6.67. The number of hydrogen-bond acceptors (Lipinski definition) is 3. The Kier molecular flexibility index (Phi) is 4.79. The molecule has 2 fully saturated rings. The highest BCUT2D eigenvalue weighted by Gasteiger charge is 2.24. The quantitative estimate of drug-likeness (QED) is 0.795. The number of carbonyl (C=O) groups excluding carboxylic acids is 1. The number of ether oxygens (including phenoxy) is 1. The molecule has 1 N–H and O–H groups in total. The standard InChI is InChI=1S/C13H23NO2/c15-13(10-11-3-6-14-7-4-11)12-2-1-8-16-9-5-12/h11-12,14H,1-10H2. The van der Waals surface area contributed by atoms with Crippen molar-refractivity contribution < 1.29 is 9.53 Å². The van der Waals surface area contributed by atoms with Crippen LogP contribution in [0.1, 0.15) is 38.5 Å². The number of nitrogens with one attached hydrogen (secondary N) is 1. The molecule has 1 unspecified atom stereocenters. The summed E-state index contributed by atoms with van der Waals surface area (Å²) in [5, 5.41) is 3.35. The van der Waals surface area contributed by atoms with Crippen LogP contribution < -0.4 is 5.32 Å². The molecule has 0 aromatic rings. The first kappa shape index (κ1) is 12.1. The topological polar surface area (TPSA) is 38.3 Å². The predicted octanol–water partition coefficient (Wildman–Crippen LogP) is 1.76. The molecule has 0 spiro atoms. The summed E-state index contributed by atoms with van der Waals surface area (Å²) in [5.41, 5.74) is 0. The van der Waals surface area contributed by atoms with Gasteiger partial charge in [0.2, 0.25) is 0 Å². The molecule has 0 amide bonds. The Labute approximate surface area is 97.9 Å². The average Bonchev–Trinajstić information content (AvgIpc) is 2.59. The molecule has 1 atom stereocenters. The summed E-state index contributed by atoms with van der Waals surface area (Å²) in [7, 11) is 0. The van der Waals surface area contributed by atoms with Crippen molar-refractivity contribution in [3.8, 4) is 0 Å². The molecular weight excluding hydrogens is 202 g/mol. The van der Waals surface area contributed by atoms with E-state index in [2.05, 4.69) is 5.32 Å². The van der Waals surface area contributed by atoms with Gasteiger partial charge in [-0.1, -0.05) is 0 Å². The Morgan fingerprint density at radius 1 is 1.12 bits per heavy atom. The van der Waals surface area contributed by atoms with Crippen LogP contribution in [0.3, 0.4) is 0 Å². The minimum atomic E-state index is 0.289. The van der Waals surface area contributed by atoms with E-state index in [1.54, 1.807) is 0 Å². The molecule has 2 aliphatic heterocycles. The van der Waals surface area contributed by atoms with Crippen molar-refractivity contribution in [2.24, 2.45) is 11.8 Å². The third-order valence-electron chi connectivity index (χ3n) is 3.86. The number of carbonyl (C=O) groups is 1. The van der Waals surface area contributed by atoms with Crippen molar-refractivity contribution >= 4 is 5.78 Å². The number of rotatable bonds is 3. The summed E-state index contributed by atoms with van der Waals surface area (Å²) >= 11 is 0. The van der Waals surface area contributed by atoms with Crippen LogP contribution >= 0.6 is 0 Å². The Bertz CT molecular complexity index is 216. The SMILES string of the molecule is O=C(CC1CCNCC1)C1CCCOCC1. The smallest absolute Gasteiger partial charge is 0.136 e. The zero-order valence-electron chi connectivity index (χ0n) is 10.0. The van der Waals surface area contributed by atoms with Crippen LogP contribution in [0, 0.1) is 11.8 Å². The van der Waals surface area contributed by atoms with Gasteiger partial charge in [0.1, 0.15) is 5.78 Å². The van der Waals surface area contributed by atoms with Gasteiger partial charge in [0, 0.05) is 25.6 Å². The van der Waals surface area contributed by atoms with E-state index in [0.29, 0.717) is 11.7 Å². The molecule has 16 heavy (non-hydrogen) atoms. The van der Waals surface area contributed by atoms with Gasteiger partial charge >= 0.3 is 0 Å². The molecular formula is C13H23NO2. The number of Topliss-reactive ketones (excluding diaryl/α,β-unsaturated/α-hetero) is 1. The van der Waals surface area contributed by atoms with Crippen LogP contribution in [0.25, 0.3) is 0 Å². The molecule has 0 saturated carbocycles. The summed E-state index contributed by atoms with van der Waals surface area (Å²) in [6, 6.07) is 0. The second-order valence-corrected chi connectivity index (χ2v) is 5.10. The third kappa shape index (κ3) is 3.56. The van der Waals surface area contributed by atoms with E-state index in [0.717, 1.165) is 52.0 Å². The second-order valence-electron chi connectivity index (χ2n) is 5.10. The van der Waals surface area contributed by atoms with Crippen LogP contribution in [0.4, 0.5) is 0 Å². The molecule has 0 aromatic heterocycles. The van der Waals surface area contributed by atoms with E-state index < -0.39 is 0 Å². The lowest BCUT2D eigenvalue weighted by Gasteiger charge is -2.23. The summed E-state index contributed by atoms with van der Waals surface area (Å²) in [5.74, 6) is 1.42. The molecule has 3 nitrogen and oxygen atoms in total. The molecule has 2 saturated heterocycles. The first-order chi connectivity index (χ1) is 7.86. The molecule has 2 heterocycles. The van der Waals surface area contributed by atoms with Gasteiger partial charge in [0.25, 0.3) is 0 Å². The molecule has 0 aliphatic carbocycles. The number of piperidine rings is 1. The van der Waals surface area contributed by atoms with E-state index in [-0.39, 0.29) is 5.92 Å². The molecule has 0 bridgehead atoms. The Morgan fingerprint density at radius 2 is 1.94 bits per heavy atom. The zero-order valence-corrected chi connectivity index (χ0v) is 10.0. The largest absolute Gasteiger partial charge is 0.381 e. The average molecular weight is 225 g/mol. The highest BCUT2D eigenvalue weighted by atomic mass is 16.5. The Hall–Kier alpha value is -0.410. The van der Waals surface area contributed by atoms with Crippen LogP contribution in [0.5, 0.6) is 0 Å². The third-order valence-corrected chi connectivity index (χ3v) is 3.86. The van der Waals surface area contributed by atoms with Gasteiger partial charge in [-0.05, 0) is 51.1 Å². The highest BCUT2D eigenvalue weighted by molar-refractivity contribution is 5.81. The summed E-state index contributed by atoms with van der Waals surface area (Å²) in [4.78, 5) is 12.1. The summed E-state index contributed by atoms with van der Waals surface area (Å²) in [6.07, 6.45) is 6.21. The van der Waals surface area contributed by atoms with Crippen molar-refractivity contribution in [3.05, 3.63) is 0 Å². The summed E-state index contributed by atoms with van der Waals surface area (Å²) in [6.45, 7) is 3.80. The number of hydrogen-bond donors (Lipinski definition) is 1. The van der Waals surface area contributed by atoms with E-state index in [4.69, 9.17) is 4.74 Å². The van der Waals surface area contributed by atoms with Gasteiger partial charge < -0.3 is 10.1 Å². The normalized spacial score (nSPS) is 28.6. The maximum absolute atomic E-state index is 12.1. The van der Waals surface area contributed by atoms with E-state index in [1.807, 2.05) is 0 Å². The van der Waals surface area contributed by atoms with Crippen LogP contribution in [-0.4, -0.2) is 32.1 Å². The van der Waals surface area contributed by atoms with Crippen LogP contribution in [-0.2, 0) is 9.53 Å². The van der Waals surface area contributed by atoms with Gasteiger partial charge in [-0.25, -0.2) is 0 Å². The van der Waals surface area contributed by atoms with E-state index in [1.165, 1.54) is 12.8 Å². The van der Waals surface area contributed by atoms with E-state index >= 15 is 0 Å². The van der Waals surface area contributed by atoms with Gasteiger partial charge in [-0.2, -0.15) is 0 Å². The number of ketones is 1. The van der Waals surface area contributed by atoms with E-state index in [9.17, 15) is 4.79 Å². The maximum Gasteiger partial charge on any atom is 0.136 e. The van der Waals surface area contributed by atoms with Crippen molar-refractivity contribution in [2.45, 2.75) is 38.5 Å². The van der Waals surface area contributed by atoms with Gasteiger partial charge in [-0.15, -0.1) is 0 Å². The Balaban J connectivity index is 1.76. The zero-order chi connectivity index (χ0) is 11.2. The summed E-state index contributed by atoms with van der Waals surface area (Å²) < 4.78 is 5.40. The van der Waals surface area contributed by atoms with Gasteiger partial charge in [-0.3, -0.25) is 4.79 Å². The highest BCUT2D eigenvalue weighted by Crippen LogP contribution is 2.23. The lowest BCUT2D eigenvalue weighted by molar-refractivity contribution is -0.124. The van der Waals surface area contributed by atoms with Crippen LogP contribution in [0.2, 0.25) is 0 Å². The monoisotopic (exact) mass is 225 g/mol. The molecule has 0 aromatic carbocycles. The molecule has 2 rings (SSSR count). The molecule has 92 valence electrons. The lowest BCUT2D eigenvalue weighted by atomic mass is 9.86. The fourth-order valence-corrected chi connectivity index (χ4v) is 2.76.